The summed E-state index contributed by atoms with van der Waals surface area (Å²) in [5.41, 5.74) is 16.0. The zero-order valence-corrected chi connectivity index (χ0v) is 38.6. The largest absolute Gasteiger partial charge is 0.472 e. The zero-order valence-electron chi connectivity index (χ0n) is 36.0. The second-order valence-corrected chi connectivity index (χ2v) is 21.4. The summed E-state index contributed by atoms with van der Waals surface area (Å²) < 4.78 is 97.0. The Morgan fingerprint density at radius 2 is 1.62 bits per heavy atom. The standard InChI is InChI=1S/C37H48F2N12O14P2S/c1-17(2)26(40)33(54)48-20(4-3-10-43-36(42)55)32(53)47-19-7-5-18(6-8-19)14-68-67(59)61-13-22-28(24(38)35(63-22)51-16-46-27-30(41)44-15-45-31(27)51)64-66(57,58)60-12-21-29(65-67)25(39)34(62-21)50-11-9-23(52)49-37(50)56/h5-9,11,15-17,20-22,24-26,28-29,34-35H,3-4,10,12-14,40H2,1-2H3,(H,47,53)(H,48,54)(H,57,58)(H2,41,44,45)(H3,42,43,55)(H,49,52,56)/t20?,21-,22-,24-,25-,26?,28-,29-,34-,35-,67?/m1/s1. The van der Waals surface area contributed by atoms with Crippen LogP contribution in [0.1, 0.15) is 44.7 Å². The number of anilines is 2. The van der Waals surface area contributed by atoms with Crippen molar-refractivity contribution >= 4 is 66.5 Å². The van der Waals surface area contributed by atoms with Crippen LogP contribution in [0.5, 0.6) is 0 Å². The number of benzene rings is 1. The molecule has 4 amide bonds. The van der Waals surface area contributed by atoms with Gasteiger partial charge in [-0.25, -0.2) is 42.5 Å². The molecule has 370 valence electrons. The lowest BCUT2D eigenvalue weighted by Gasteiger charge is -2.29. The summed E-state index contributed by atoms with van der Waals surface area (Å²) in [7, 11) is -5.27. The minimum atomic E-state index is -5.27. The smallest absolute Gasteiger partial charge is 0.382 e. The second-order valence-electron chi connectivity index (χ2n) is 16.0. The fourth-order valence-corrected chi connectivity index (χ4v) is 11.6. The number of fused-ring (bicyclic) bond motifs is 3. The Hall–Kier alpha value is -5.19. The highest BCUT2D eigenvalue weighted by Crippen LogP contribution is 2.65. The van der Waals surface area contributed by atoms with Gasteiger partial charge in [-0.15, -0.1) is 0 Å². The SMILES string of the molecule is CC(C)C(N)C(=O)NC(CCCNC(N)=O)C(=O)Nc1ccc(CSP2(=O)OC[C@H]3O[C@@H](n4cnc5c(N)ncnc54)[C@H](F)[C@@H]3OP(=O)(O)OC[C@H]3O[C@@H](n4ccc(=O)[nH]c4=O)[C@H](F)[C@@H]3O2)cc1. The Labute approximate surface area is 387 Å². The summed E-state index contributed by atoms with van der Waals surface area (Å²) >= 11 is 0.549. The van der Waals surface area contributed by atoms with E-state index in [1.165, 1.54) is 12.1 Å². The lowest BCUT2D eigenvalue weighted by atomic mass is 10.0. The van der Waals surface area contributed by atoms with Crippen molar-refractivity contribution < 1.29 is 64.8 Å². The van der Waals surface area contributed by atoms with Crippen molar-refractivity contribution in [1.29, 1.82) is 0 Å². The first-order valence-electron chi connectivity index (χ1n) is 20.8. The number of primary amides is 1. The van der Waals surface area contributed by atoms with Crippen molar-refractivity contribution in [3.05, 3.63) is 75.6 Å². The van der Waals surface area contributed by atoms with E-state index in [2.05, 4.69) is 30.9 Å². The van der Waals surface area contributed by atoms with Crippen LogP contribution in [0.2, 0.25) is 0 Å². The fraction of sp³-hybridized carbons (Fsp3) is 0.514. The number of amides is 4. The molecule has 68 heavy (non-hydrogen) atoms. The molecule has 26 nitrogen and oxygen atoms in total. The first kappa shape index (κ1) is 50.7. The number of phosphoric acid groups is 1. The highest BCUT2D eigenvalue weighted by atomic mass is 32.7. The maximum atomic E-state index is 16.5. The Kier molecular flexibility index (Phi) is 15.8. The lowest BCUT2D eigenvalue weighted by Crippen LogP contribution is -2.51. The van der Waals surface area contributed by atoms with E-state index in [1.807, 2.05) is 4.98 Å². The lowest BCUT2D eigenvalue weighted by molar-refractivity contribution is -0.128. The number of carbonyl (C=O) groups is 3. The zero-order chi connectivity index (χ0) is 49.1. The molecule has 31 heteroatoms. The second kappa shape index (κ2) is 21.2. The van der Waals surface area contributed by atoms with Crippen LogP contribution < -0.4 is 44.4 Å². The van der Waals surface area contributed by atoms with E-state index in [4.69, 9.17) is 44.8 Å². The molecule has 3 aliphatic heterocycles. The molecule has 3 aromatic heterocycles. The third kappa shape index (κ3) is 11.8. The van der Waals surface area contributed by atoms with Gasteiger partial charge in [0, 0.05) is 30.2 Å². The van der Waals surface area contributed by atoms with Gasteiger partial charge in [-0.1, -0.05) is 26.0 Å². The number of phosphoric ester groups is 1. The van der Waals surface area contributed by atoms with Gasteiger partial charge in [0.15, 0.2) is 36.3 Å². The number of H-pyrrole nitrogens is 1. The van der Waals surface area contributed by atoms with E-state index in [1.54, 1.807) is 26.0 Å². The van der Waals surface area contributed by atoms with E-state index in [9.17, 15) is 38.0 Å². The van der Waals surface area contributed by atoms with Gasteiger partial charge >= 0.3 is 26.3 Å². The molecule has 0 radical (unpaired) electrons. The molecule has 0 saturated carbocycles. The van der Waals surface area contributed by atoms with Crippen molar-refractivity contribution in [2.45, 2.75) is 93.7 Å². The van der Waals surface area contributed by atoms with Gasteiger partial charge in [0.05, 0.1) is 25.6 Å². The molecule has 4 unspecified atom stereocenters. The number of carbonyl (C=O) groups excluding carboxylic acids is 3. The van der Waals surface area contributed by atoms with E-state index in [0.717, 1.165) is 29.5 Å². The minimum absolute atomic E-state index is 0.0321. The molecule has 12 atom stereocenters. The quantitative estimate of drug-likeness (QED) is 0.0650. The first-order chi connectivity index (χ1) is 32.2. The predicted octanol–water partition coefficient (Wildman–Crippen LogP) is 1.24. The molecule has 6 heterocycles. The molecule has 4 aromatic rings. The number of aromatic nitrogens is 6. The summed E-state index contributed by atoms with van der Waals surface area (Å²) in [6, 6.07) is 4.30. The molecule has 0 aliphatic carbocycles. The van der Waals surface area contributed by atoms with Crippen molar-refractivity contribution in [3.63, 3.8) is 0 Å². The number of imidazole rings is 1. The number of nitrogens with two attached hydrogens (primary N) is 3. The molecule has 0 bridgehead atoms. The molecule has 3 saturated heterocycles. The van der Waals surface area contributed by atoms with Gasteiger partial charge in [0.1, 0.15) is 42.3 Å². The summed E-state index contributed by atoms with van der Waals surface area (Å²) in [4.78, 5) is 86.7. The van der Waals surface area contributed by atoms with Gasteiger partial charge in [-0.3, -0.25) is 46.6 Å². The van der Waals surface area contributed by atoms with Crippen LogP contribution in [-0.4, -0.2) is 120 Å². The van der Waals surface area contributed by atoms with Crippen LogP contribution in [0, 0.1) is 5.92 Å². The maximum Gasteiger partial charge on any atom is 0.472 e. The molecule has 0 spiro atoms. The van der Waals surface area contributed by atoms with Crippen LogP contribution in [0.3, 0.4) is 0 Å². The van der Waals surface area contributed by atoms with Crippen molar-refractivity contribution in [3.8, 4) is 0 Å². The van der Waals surface area contributed by atoms with Gasteiger partial charge in [-0.05, 0) is 47.8 Å². The number of nitrogen functional groups attached to an aromatic ring is 1. The Bertz CT molecular complexity index is 2700. The van der Waals surface area contributed by atoms with Gasteiger partial charge in [0.2, 0.25) is 11.8 Å². The average molecular weight is 1020 g/mol. The minimum Gasteiger partial charge on any atom is -0.382 e. The van der Waals surface area contributed by atoms with E-state index >= 15 is 8.78 Å². The van der Waals surface area contributed by atoms with Crippen molar-refractivity contribution in [2.24, 2.45) is 17.4 Å². The number of nitrogens with one attached hydrogen (secondary N) is 4. The Morgan fingerprint density at radius 3 is 2.28 bits per heavy atom. The number of aromatic amines is 1. The highest BCUT2D eigenvalue weighted by Gasteiger charge is 2.55. The third-order valence-electron chi connectivity index (χ3n) is 10.9. The van der Waals surface area contributed by atoms with Gasteiger partial charge in [0.25, 0.3) is 5.56 Å². The molecule has 3 aliphatic rings. The summed E-state index contributed by atoms with van der Waals surface area (Å²) in [5, 5.41) is 7.78. The van der Waals surface area contributed by atoms with Crippen LogP contribution in [-0.2, 0) is 52.0 Å². The highest BCUT2D eigenvalue weighted by molar-refractivity contribution is 8.54. The van der Waals surface area contributed by atoms with Crippen LogP contribution in [0.25, 0.3) is 11.2 Å². The van der Waals surface area contributed by atoms with Crippen LogP contribution in [0.15, 0.2) is 58.8 Å². The molecule has 11 N–H and O–H groups in total. The van der Waals surface area contributed by atoms with Crippen LogP contribution in [0.4, 0.5) is 25.1 Å². The number of halogens is 2. The van der Waals surface area contributed by atoms with Crippen molar-refractivity contribution in [1.82, 2.24) is 39.7 Å². The molecular weight excluding hydrogens is 968 g/mol. The average Bonchev–Trinajstić information content (AvgIpc) is 3.95. The fourth-order valence-electron chi connectivity index (χ4n) is 7.23. The van der Waals surface area contributed by atoms with E-state index in [-0.39, 0.29) is 53.7 Å². The summed E-state index contributed by atoms with van der Waals surface area (Å²) in [6.07, 6.45) is -11.7. The first-order valence-corrected chi connectivity index (χ1v) is 25.4. The number of hydrogen-bond donors (Lipinski definition) is 8. The van der Waals surface area contributed by atoms with E-state index < -0.39 is 118 Å². The van der Waals surface area contributed by atoms with Crippen molar-refractivity contribution in [2.75, 3.05) is 30.8 Å². The summed E-state index contributed by atoms with van der Waals surface area (Å²) in [5.74, 6) is -1.59. The van der Waals surface area contributed by atoms with Crippen LogP contribution >= 0.6 is 26.0 Å². The molecule has 1 aromatic carbocycles. The third-order valence-corrected chi connectivity index (χ3v) is 15.5. The van der Waals surface area contributed by atoms with Gasteiger partial charge in [-0.2, -0.15) is 0 Å². The Morgan fingerprint density at radius 1 is 0.956 bits per heavy atom. The van der Waals surface area contributed by atoms with E-state index in [0.29, 0.717) is 21.5 Å². The number of alkyl halides is 2. The number of urea groups is 1. The number of rotatable bonds is 14. The summed E-state index contributed by atoms with van der Waals surface area (Å²) in [6.45, 7) is -2.92. The van der Waals surface area contributed by atoms with Gasteiger partial charge < -0.3 is 47.5 Å². The predicted molar refractivity (Wildman–Crippen MR) is 236 cm³/mol. The Balaban J connectivity index is 1.12. The molecule has 7 rings (SSSR count). The monoisotopic (exact) mass is 1020 g/mol. The number of hydrogen-bond acceptors (Lipinski definition) is 19. The normalized spacial score (nSPS) is 29.5. The topological polar surface area (TPSA) is 374 Å². The molecule has 3 fully saturated rings. The number of nitrogens with zero attached hydrogens (tertiary/aromatic N) is 5. The number of ether oxygens (including phenoxy) is 2. The maximum absolute atomic E-state index is 16.5. The molecular formula is C37H48F2N12O14P2S.